The van der Waals surface area contributed by atoms with Crippen molar-refractivity contribution in [2.24, 2.45) is 0 Å². The van der Waals surface area contributed by atoms with E-state index in [0.717, 1.165) is 6.08 Å². The molecule has 2 aromatic rings. The zero-order chi connectivity index (χ0) is 33.5. The lowest BCUT2D eigenvalue weighted by atomic mass is 9.97. The SMILES string of the molecule is COc1ccc(CCO[C@@H]2O[C@H](CO)[C@@H](OC(=O)/C=C/c3ccc(O)c(OC)c3)[C@H](O[C@@H]3O[C@H](C)[C@H](O)[C@@H](O)[C@H]3O)[C@H]2O)cc1O. The quantitative estimate of drug-likeness (QED) is 0.114. The number of phenolic OH excluding ortho intramolecular Hbond substituents is 2. The van der Waals surface area contributed by atoms with E-state index in [4.69, 9.17) is 33.2 Å². The Morgan fingerprint density at radius 2 is 1.59 bits per heavy atom. The Morgan fingerprint density at radius 1 is 0.848 bits per heavy atom. The second-order valence-electron chi connectivity index (χ2n) is 10.8. The summed E-state index contributed by atoms with van der Waals surface area (Å²) in [4.78, 5) is 12.9. The van der Waals surface area contributed by atoms with Gasteiger partial charge in [-0.3, -0.25) is 0 Å². The van der Waals surface area contributed by atoms with Crippen molar-refractivity contribution in [2.45, 2.75) is 74.8 Å². The van der Waals surface area contributed by atoms with E-state index in [-0.39, 0.29) is 30.3 Å². The molecule has 254 valence electrons. The summed E-state index contributed by atoms with van der Waals surface area (Å²) in [6, 6.07) is 9.16. The van der Waals surface area contributed by atoms with Gasteiger partial charge in [-0.05, 0) is 54.8 Å². The number of aliphatic hydroxyl groups excluding tert-OH is 5. The molecule has 2 aliphatic rings. The fraction of sp³-hybridized carbons (Fsp3) is 0.516. The van der Waals surface area contributed by atoms with Crippen LogP contribution in [0.1, 0.15) is 18.1 Å². The first-order valence-electron chi connectivity index (χ1n) is 14.5. The summed E-state index contributed by atoms with van der Waals surface area (Å²) in [5.41, 5.74) is 1.16. The minimum atomic E-state index is -1.75. The van der Waals surface area contributed by atoms with E-state index >= 15 is 0 Å². The van der Waals surface area contributed by atoms with Gasteiger partial charge < -0.3 is 68.9 Å². The third kappa shape index (κ3) is 8.25. The Hall–Kier alpha value is -3.51. The minimum absolute atomic E-state index is 0.0217. The molecule has 15 nitrogen and oxygen atoms in total. The zero-order valence-corrected chi connectivity index (χ0v) is 25.4. The normalized spacial score (nSPS) is 31.5. The predicted octanol–water partition coefficient (Wildman–Crippen LogP) is -0.410. The van der Waals surface area contributed by atoms with Gasteiger partial charge in [-0.15, -0.1) is 0 Å². The van der Waals surface area contributed by atoms with Crippen molar-refractivity contribution >= 4 is 12.0 Å². The van der Waals surface area contributed by atoms with Gasteiger partial charge in [0.05, 0.1) is 33.5 Å². The summed E-state index contributed by atoms with van der Waals surface area (Å²) < 4.78 is 38.6. The van der Waals surface area contributed by atoms with Crippen LogP contribution < -0.4 is 9.47 Å². The largest absolute Gasteiger partial charge is 0.504 e. The molecule has 10 atom stereocenters. The van der Waals surface area contributed by atoms with Crippen molar-refractivity contribution in [3.05, 3.63) is 53.6 Å². The maximum absolute atomic E-state index is 12.9. The molecule has 2 aliphatic heterocycles. The highest BCUT2D eigenvalue weighted by Crippen LogP contribution is 2.32. The van der Waals surface area contributed by atoms with Crippen LogP contribution in [-0.4, -0.2) is 131 Å². The lowest BCUT2D eigenvalue weighted by Crippen LogP contribution is -2.65. The van der Waals surface area contributed by atoms with Gasteiger partial charge in [-0.25, -0.2) is 4.79 Å². The number of carbonyl (C=O) groups excluding carboxylic acids is 1. The predicted molar refractivity (Wildman–Crippen MR) is 157 cm³/mol. The fourth-order valence-electron chi connectivity index (χ4n) is 5.08. The van der Waals surface area contributed by atoms with Crippen molar-refractivity contribution in [2.75, 3.05) is 27.4 Å². The second kappa shape index (κ2) is 15.9. The van der Waals surface area contributed by atoms with Gasteiger partial charge in [-0.2, -0.15) is 0 Å². The van der Waals surface area contributed by atoms with Crippen LogP contribution in [-0.2, 0) is 34.9 Å². The summed E-state index contributed by atoms with van der Waals surface area (Å²) >= 11 is 0. The Morgan fingerprint density at radius 3 is 2.26 bits per heavy atom. The standard InChI is InChI=1S/C31H40O15/c1-15-24(36)25(37)26(38)31(43-15)46-29-27(39)30(42-11-10-17-5-8-20(40-2)19(34)12-17)44-22(14-32)28(29)45-23(35)9-6-16-4-7-18(33)21(13-16)41-3/h4-9,12-13,15,22,24-34,36-39H,10-11,14H2,1-3H3/b9-6+/t15-,22-,24+,25-,26-,27-,28-,29-,30-,31+/m1/s1. The number of ether oxygens (including phenoxy) is 7. The zero-order valence-electron chi connectivity index (χ0n) is 25.4. The number of methoxy groups -OCH3 is 2. The maximum Gasteiger partial charge on any atom is 0.331 e. The van der Waals surface area contributed by atoms with E-state index < -0.39 is 74.0 Å². The molecule has 2 heterocycles. The average Bonchev–Trinajstić information content (AvgIpc) is 3.04. The number of benzene rings is 2. The van der Waals surface area contributed by atoms with Gasteiger partial charge in [-0.1, -0.05) is 12.1 Å². The molecule has 0 amide bonds. The van der Waals surface area contributed by atoms with Crippen LogP contribution in [0.15, 0.2) is 42.5 Å². The number of phenols is 2. The molecule has 0 aliphatic carbocycles. The second-order valence-corrected chi connectivity index (χ2v) is 10.8. The smallest absolute Gasteiger partial charge is 0.331 e. The van der Waals surface area contributed by atoms with Crippen LogP contribution in [0.2, 0.25) is 0 Å². The van der Waals surface area contributed by atoms with Gasteiger partial charge in [0, 0.05) is 6.08 Å². The Bertz CT molecular complexity index is 1340. The molecule has 2 fully saturated rings. The first-order valence-corrected chi connectivity index (χ1v) is 14.5. The van der Waals surface area contributed by atoms with Gasteiger partial charge in [0.1, 0.15) is 36.6 Å². The van der Waals surface area contributed by atoms with E-state index in [1.54, 1.807) is 12.1 Å². The number of hydrogen-bond acceptors (Lipinski definition) is 15. The third-order valence-electron chi connectivity index (χ3n) is 7.68. The van der Waals surface area contributed by atoms with Crippen molar-refractivity contribution in [3.8, 4) is 23.0 Å². The molecule has 0 aromatic heterocycles. The Kier molecular flexibility index (Phi) is 12.2. The molecule has 0 bridgehead atoms. The summed E-state index contributed by atoms with van der Waals surface area (Å²) in [6.45, 7) is 0.712. The monoisotopic (exact) mass is 652 g/mol. The van der Waals surface area contributed by atoms with Crippen molar-refractivity contribution in [3.63, 3.8) is 0 Å². The first kappa shape index (κ1) is 35.3. The van der Waals surface area contributed by atoms with Gasteiger partial charge in [0.2, 0.25) is 0 Å². The highest BCUT2D eigenvalue weighted by molar-refractivity contribution is 5.87. The van der Waals surface area contributed by atoms with E-state index in [1.807, 2.05) is 0 Å². The van der Waals surface area contributed by atoms with E-state index in [1.165, 1.54) is 51.5 Å². The van der Waals surface area contributed by atoms with E-state index in [9.17, 15) is 40.5 Å². The Balaban J connectivity index is 1.52. The van der Waals surface area contributed by atoms with Crippen LogP contribution in [0.25, 0.3) is 6.08 Å². The van der Waals surface area contributed by atoms with Crippen molar-refractivity contribution in [1.29, 1.82) is 0 Å². The summed E-state index contributed by atoms with van der Waals surface area (Å²) in [5, 5.41) is 72.3. The number of aromatic hydroxyl groups is 2. The molecule has 46 heavy (non-hydrogen) atoms. The number of hydrogen-bond donors (Lipinski definition) is 7. The molecular weight excluding hydrogens is 612 g/mol. The lowest BCUT2D eigenvalue weighted by molar-refractivity contribution is -0.357. The number of carbonyl (C=O) groups is 1. The topological polar surface area (TPSA) is 223 Å². The van der Waals surface area contributed by atoms with Gasteiger partial charge in [0.25, 0.3) is 0 Å². The molecular formula is C31H40O15. The Labute approximate surface area is 264 Å². The number of rotatable bonds is 12. The average molecular weight is 653 g/mol. The maximum atomic E-state index is 12.9. The molecule has 0 saturated carbocycles. The molecule has 0 unspecified atom stereocenters. The molecule has 4 rings (SSSR count). The van der Waals surface area contributed by atoms with Crippen LogP contribution >= 0.6 is 0 Å². The number of aliphatic hydroxyl groups is 5. The summed E-state index contributed by atoms with van der Waals surface area (Å²) in [7, 11) is 2.79. The minimum Gasteiger partial charge on any atom is -0.504 e. The first-order chi connectivity index (χ1) is 22.0. The highest BCUT2D eigenvalue weighted by atomic mass is 16.7. The van der Waals surface area contributed by atoms with E-state index in [0.29, 0.717) is 16.9 Å². The van der Waals surface area contributed by atoms with Crippen LogP contribution in [0.3, 0.4) is 0 Å². The van der Waals surface area contributed by atoms with E-state index in [2.05, 4.69) is 0 Å². The molecule has 0 radical (unpaired) electrons. The fourth-order valence-corrected chi connectivity index (χ4v) is 5.08. The molecule has 7 N–H and O–H groups in total. The molecule has 2 aromatic carbocycles. The molecule has 2 saturated heterocycles. The molecule has 0 spiro atoms. The van der Waals surface area contributed by atoms with Crippen LogP contribution in [0.4, 0.5) is 0 Å². The van der Waals surface area contributed by atoms with Crippen LogP contribution in [0.5, 0.6) is 23.0 Å². The van der Waals surface area contributed by atoms with Crippen LogP contribution in [0, 0.1) is 0 Å². The summed E-state index contributed by atoms with van der Waals surface area (Å²) in [5.74, 6) is -0.625. The highest BCUT2D eigenvalue weighted by Gasteiger charge is 2.52. The van der Waals surface area contributed by atoms with Crippen molar-refractivity contribution in [1.82, 2.24) is 0 Å². The van der Waals surface area contributed by atoms with Crippen molar-refractivity contribution < 1.29 is 73.7 Å². The molecule has 15 heteroatoms. The third-order valence-corrected chi connectivity index (χ3v) is 7.68. The number of esters is 1. The lowest BCUT2D eigenvalue weighted by Gasteiger charge is -2.46. The summed E-state index contributed by atoms with van der Waals surface area (Å²) in [6.07, 6.45) is -12.1. The van der Waals surface area contributed by atoms with Gasteiger partial charge >= 0.3 is 5.97 Å². The van der Waals surface area contributed by atoms with Gasteiger partial charge in [0.15, 0.2) is 41.7 Å².